The Bertz CT molecular complexity index is 694. The maximum absolute atomic E-state index is 11.5. The lowest BCUT2D eigenvalue weighted by Crippen LogP contribution is -2.50. The van der Waals surface area contributed by atoms with Crippen LogP contribution in [0.2, 0.25) is 0 Å². The number of aliphatic hydroxyl groups is 1. The summed E-state index contributed by atoms with van der Waals surface area (Å²) in [4.78, 5) is 11.5. The molecule has 3 nitrogen and oxygen atoms in total. The lowest BCUT2D eigenvalue weighted by molar-refractivity contribution is -0.134. The molecule has 3 fully saturated rings. The molecule has 29 heavy (non-hydrogen) atoms. The highest BCUT2D eigenvalue weighted by molar-refractivity contribution is 5.81. The van der Waals surface area contributed by atoms with E-state index in [4.69, 9.17) is 4.74 Å². The minimum Gasteiger partial charge on any atom is -0.466 e. The van der Waals surface area contributed by atoms with Gasteiger partial charge in [0.1, 0.15) is 0 Å². The third kappa shape index (κ3) is 3.62. The summed E-state index contributed by atoms with van der Waals surface area (Å²) in [6, 6.07) is 0. The molecule has 0 heterocycles. The summed E-state index contributed by atoms with van der Waals surface area (Å²) in [6.07, 6.45) is 16.8. The SMILES string of the molecule is CC[C@]1(O)CC[C@H]2[C@@H](CC[C@@H]3[C@@H]2CC[C@]2(C)C([C@H](C)/C=C/C(=O)OC)=CC[C@@H]32)C1. The monoisotopic (exact) mass is 400 g/mol. The number of hydrogen-bond acceptors (Lipinski definition) is 3. The Hall–Kier alpha value is -1.09. The number of carbonyl (C=O) groups excluding carboxylic acids is 1. The Kier molecular flexibility index (Phi) is 5.74. The van der Waals surface area contributed by atoms with E-state index in [1.807, 2.05) is 6.08 Å². The topological polar surface area (TPSA) is 46.5 Å². The van der Waals surface area contributed by atoms with Crippen molar-refractivity contribution in [2.24, 2.45) is 40.9 Å². The molecule has 0 amide bonds. The Morgan fingerprint density at radius 3 is 2.72 bits per heavy atom. The largest absolute Gasteiger partial charge is 0.466 e. The van der Waals surface area contributed by atoms with E-state index in [1.165, 1.54) is 45.6 Å². The van der Waals surface area contributed by atoms with E-state index < -0.39 is 0 Å². The highest BCUT2D eigenvalue weighted by Gasteiger charge is 2.55. The fourth-order valence-electron chi connectivity index (χ4n) is 7.98. The minimum atomic E-state index is -0.388. The van der Waals surface area contributed by atoms with Gasteiger partial charge in [-0.3, -0.25) is 0 Å². The van der Waals surface area contributed by atoms with Crippen LogP contribution in [0.25, 0.3) is 0 Å². The van der Waals surface area contributed by atoms with Gasteiger partial charge in [0.15, 0.2) is 0 Å². The van der Waals surface area contributed by atoms with Gasteiger partial charge in [-0.2, -0.15) is 0 Å². The second-order valence-corrected chi connectivity index (χ2v) is 10.8. The fraction of sp³-hybridized carbons (Fsp3) is 0.808. The molecule has 0 saturated heterocycles. The fourth-order valence-corrected chi connectivity index (χ4v) is 7.98. The average Bonchev–Trinajstić information content (AvgIpc) is 3.08. The van der Waals surface area contributed by atoms with Gasteiger partial charge in [-0.15, -0.1) is 0 Å². The first-order valence-electron chi connectivity index (χ1n) is 12.0. The average molecular weight is 401 g/mol. The van der Waals surface area contributed by atoms with Crippen molar-refractivity contribution in [1.82, 2.24) is 0 Å². The van der Waals surface area contributed by atoms with Gasteiger partial charge >= 0.3 is 5.97 Å². The molecule has 1 N–H and O–H groups in total. The van der Waals surface area contributed by atoms with Crippen LogP contribution in [0.3, 0.4) is 0 Å². The summed E-state index contributed by atoms with van der Waals surface area (Å²) in [5.41, 5.74) is 1.44. The van der Waals surface area contributed by atoms with Crippen molar-refractivity contribution in [1.29, 1.82) is 0 Å². The van der Waals surface area contributed by atoms with E-state index in [-0.39, 0.29) is 17.0 Å². The molecule has 0 spiro atoms. The zero-order valence-corrected chi connectivity index (χ0v) is 18.8. The van der Waals surface area contributed by atoms with Gasteiger partial charge in [-0.1, -0.05) is 38.5 Å². The standard InChI is InChI=1S/C26H40O3/c1-5-26(28)15-13-19-18(16-26)7-8-21-20(19)12-14-25(3)22(9-10-23(21)25)17(2)6-11-24(27)29-4/h6,9,11,17-21,23,28H,5,7-8,10,12-16H2,1-4H3/b11-6+/t17-,18+,19+,20-,21-,23+,25-,26+/m1/s1. The number of methoxy groups -OCH3 is 1. The van der Waals surface area contributed by atoms with E-state index >= 15 is 0 Å². The summed E-state index contributed by atoms with van der Waals surface area (Å²) >= 11 is 0. The third-order valence-electron chi connectivity index (χ3n) is 9.62. The molecule has 0 unspecified atom stereocenters. The minimum absolute atomic E-state index is 0.261. The summed E-state index contributed by atoms with van der Waals surface area (Å²) < 4.78 is 4.78. The molecule has 3 saturated carbocycles. The number of ether oxygens (including phenoxy) is 1. The highest BCUT2D eigenvalue weighted by Crippen LogP contribution is 2.64. The van der Waals surface area contributed by atoms with Gasteiger partial charge in [-0.25, -0.2) is 4.79 Å². The Morgan fingerprint density at radius 2 is 2.00 bits per heavy atom. The Balaban J connectivity index is 1.48. The first-order chi connectivity index (χ1) is 13.8. The molecule has 3 heteroatoms. The summed E-state index contributed by atoms with van der Waals surface area (Å²) in [7, 11) is 1.44. The van der Waals surface area contributed by atoms with Crippen molar-refractivity contribution in [2.45, 2.75) is 84.2 Å². The maximum Gasteiger partial charge on any atom is 0.330 e. The van der Waals surface area contributed by atoms with Crippen molar-refractivity contribution in [3.8, 4) is 0 Å². The van der Waals surface area contributed by atoms with E-state index in [0.717, 1.165) is 48.9 Å². The van der Waals surface area contributed by atoms with Crippen molar-refractivity contribution in [3.05, 3.63) is 23.8 Å². The number of carbonyl (C=O) groups is 1. The molecule has 0 aromatic carbocycles. The lowest BCUT2D eigenvalue weighted by atomic mass is 9.48. The van der Waals surface area contributed by atoms with Crippen molar-refractivity contribution >= 4 is 5.97 Å². The quantitative estimate of drug-likeness (QED) is 0.375. The van der Waals surface area contributed by atoms with E-state index in [1.54, 1.807) is 11.6 Å². The van der Waals surface area contributed by atoms with Crippen LogP contribution in [-0.2, 0) is 9.53 Å². The van der Waals surface area contributed by atoms with Crippen LogP contribution in [0.15, 0.2) is 23.8 Å². The van der Waals surface area contributed by atoms with Crippen LogP contribution in [0.1, 0.15) is 78.6 Å². The molecule has 162 valence electrons. The van der Waals surface area contributed by atoms with E-state index in [9.17, 15) is 9.90 Å². The van der Waals surface area contributed by atoms with Crippen molar-refractivity contribution in [2.75, 3.05) is 7.11 Å². The number of fused-ring (bicyclic) bond motifs is 5. The number of rotatable bonds is 4. The molecule has 0 radical (unpaired) electrons. The predicted octanol–water partition coefficient (Wildman–Crippen LogP) is 5.68. The Morgan fingerprint density at radius 1 is 1.24 bits per heavy atom. The van der Waals surface area contributed by atoms with Crippen LogP contribution < -0.4 is 0 Å². The molecule has 4 rings (SSSR count). The maximum atomic E-state index is 11.5. The zero-order valence-electron chi connectivity index (χ0n) is 18.8. The second kappa shape index (κ2) is 7.87. The summed E-state index contributed by atoms with van der Waals surface area (Å²) in [6.45, 7) is 6.88. The van der Waals surface area contributed by atoms with Crippen LogP contribution in [0.5, 0.6) is 0 Å². The first kappa shape index (κ1) is 21.2. The van der Waals surface area contributed by atoms with Gasteiger partial charge in [-0.05, 0) is 98.7 Å². The number of hydrogen-bond donors (Lipinski definition) is 1. The van der Waals surface area contributed by atoms with Gasteiger partial charge in [0, 0.05) is 6.08 Å². The Labute approximate surface area is 177 Å². The molecule has 8 atom stereocenters. The first-order valence-corrected chi connectivity index (χ1v) is 12.0. The predicted molar refractivity (Wildman–Crippen MR) is 116 cm³/mol. The zero-order chi connectivity index (χ0) is 20.8. The van der Waals surface area contributed by atoms with Gasteiger partial charge in [0.25, 0.3) is 0 Å². The molecular weight excluding hydrogens is 360 g/mol. The molecular formula is C26H40O3. The van der Waals surface area contributed by atoms with E-state index in [2.05, 4.69) is 26.8 Å². The highest BCUT2D eigenvalue weighted by atomic mass is 16.5. The third-order valence-corrected chi connectivity index (χ3v) is 9.62. The normalized spacial score (nSPS) is 45.1. The van der Waals surface area contributed by atoms with Gasteiger partial charge in [0.2, 0.25) is 0 Å². The number of allylic oxidation sites excluding steroid dienone is 3. The molecule has 4 aliphatic rings. The second-order valence-electron chi connectivity index (χ2n) is 10.8. The number of esters is 1. The molecule has 0 aromatic heterocycles. The molecule has 4 aliphatic carbocycles. The van der Waals surface area contributed by atoms with Crippen molar-refractivity contribution in [3.63, 3.8) is 0 Å². The molecule has 0 aliphatic heterocycles. The lowest BCUT2D eigenvalue weighted by Gasteiger charge is -2.57. The summed E-state index contributed by atoms with van der Waals surface area (Å²) in [5.74, 6) is 4.09. The summed E-state index contributed by atoms with van der Waals surface area (Å²) in [5, 5.41) is 10.9. The van der Waals surface area contributed by atoms with E-state index in [0.29, 0.717) is 5.92 Å². The molecule has 0 bridgehead atoms. The smallest absolute Gasteiger partial charge is 0.330 e. The van der Waals surface area contributed by atoms with Crippen LogP contribution in [-0.4, -0.2) is 23.8 Å². The van der Waals surface area contributed by atoms with Gasteiger partial charge in [0.05, 0.1) is 12.7 Å². The molecule has 0 aromatic rings. The van der Waals surface area contributed by atoms with Crippen LogP contribution >= 0.6 is 0 Å². The van der Waals surface area contributed by atoms with Crippen LogP contribution in [0.4, 0.5) is 0 Å². The van der Waals surface area contributed by atoms with Gasteiger partial charge < -0.3 is 9.84 Å². The van der Waals surface area contributed by atoms with Crippen molar-refractivity contribution < 1.29 is 14.6 Å². The van der Waals surface area contributed by atoms with Crippen LogP contribution in [0, 0.1) is 40.9 Å².